The Morgan fingerprint density at radius 1 is 1.17 bits per heavy atom. The van der Waals surface area contributed by atoms with Gasteiger partial charge in [0, 0.05) is 32.7 Å². The molecule has 2 aliphatic rings. The Bertz CT molecular complexity index is 509. The van der Waals surface area contributed by atoms with Gasteiger partial charge in [0.15, 0.2) is 0 Å². The van der Waals surface area contributed by atoms with Crippen molar-refractivity contribution in [2.75, 3.05) is 39.3 Å². The standard InChI is InChI=1S/C19H33N3O2/c1-6-20-16(23)13-21-8-7-9-22(11-10-21)18(24)17-15(12-14(2)3)19(17,4)5/h12,15,17H,6-11,13H2,1-5H3,(H,20,23)/t15-,17+/m1/s1. The quantitative estimate of drug-likeness (QED) is 0.781. The molecule has 5 heteroatoms. The Balaban J connectivity index is 1.91. The third-order valence-electron chi connectivity index (χ3n) is 5.33. The van der Waals surface area contributed by atoms with Crippen molar-refractivity contribution in [1.82, 2.24) is 15.1 Å². The van der Waals surface area contributed by atoms with E-state index in [2.05, 4.69) is 44.0 Å². The summed E-state index contributed by atoms with van der Waals surface area (Å²) in [5.74, 6) is 0.846. The van der Waals surface area contributed by atoms with Gasteiger partial charge in [0.25, 0.3) is 0 Å². The van der Waals surface area contributed by atoms with Gasteiger partial charge in [-0.2, -0.15) is 0 Å². The highest BCUT2D eigenvalue weighted by Crippen LogP contribution is 2.60. The Morgan fingerprint density at radius 3 is 2.50 bits per heavy atom. The molecule has 0 bridgehead atoms. The van der Waals surface area contributed by atoms with Gasteiger partial charge in [-0.05, 0) is 38.5 Å². The van der Waals surface area contributed by atoms with Gasteiger partial charge in [0.05, 0.1) is 12.5 Å². The van der Waals surface area contributed by atoms with Crippen LogP contribution in [0.25, 0.3) is 0 Å². The van der Waals surface area contributed by atoms with E-state index >= 15 is 0 Å². The number of rotatable bonds is 5. The number of allylic oxidation sites excluding steroid dienone is 2. The van der Waals surface area contributed by atoms with Crippen molar-refractivity contribution >= 4 is 11.8 Å². The average Bonchev–Trinajstić information content (AvgIpc) is 3.09. The molecule has 5 nitrogen and oxygen atoms in total. The Morgan fingerprint density at radius 2 is 1.88 bits per heavy atom. The van der Waals surface area contributed by atoms with Gasteiger partial charge < -0.3 is 10.2 Å². The Labute approximate surface area is 146 Å². The summed E-state index contributed by atoms with van der Waals surface area (Å²) >= 11 is 0. The maximum absolute atomic E-state index is 13.0. The first-order valence-corrected chi connectivity index (χ1v) is 9.20. The van der Waals surface area contributed by atoms with E-state index < -0.39 is 0 Å². The first kappa shape index (κ1) is 19.0. The van der Waals surface area contributed by atoms with Crippen LogP contribution in [0.3, 0.4) is 0 Å². The molecule has 0 spiro atoms. The molecule has 1 heterocycles. The van der Waals surface area contributed by atoms with Gasteiger partial charge >= 0.3 is 0 Å². The van der Waals surface area contributed by atoms with E-state index in [1.807, 2.05) is 11.8 Å². The van der Waals surface area contributed by atoms with Crippen molar-refractivity contribution in [3.8, 4) is 0 Å². The maximum Gasteiger partial charge on any atom is 0.234 e. The van der Waals surface area contributed by atoms with Gasteiger partial charge in [0.1, 0.15) is 0 Å². The molecule has 2 amide bonds. The van der Waals surface area contributed by atoms with Crippen molar-refractivity contribution in [3.05, 3.63) is 11.6 Å². The highest BCUT2D eigenvalue weighted by Gasteiger charge is 2.61. The molecule has 0 aromatic rings. The summed E-state index contributed by atoms with van der Waals surface area (Å²) in [4.78, 5) is 28.9. The van der Waals surface area contributed by atoms with Gasteiger partial charge in [-0.3, -0.25) is 14.5 Å². The zero-order chi connectivity index (χ0) is 17.9. The minimum absolute atomic E-state index is 0.0708. The van der Waals surface area contributed by atoms with Crippen LogP contribution in [0.2, 0.25) is 0 Å². The zero-order valence-corrected chi connectivity index (χ0v) is 15.9. The van der Waals surface area contributed by atoms with E-state index in [1.54, 1.807) is 0 Å². The minimum Gasteiger partial charge on any atom is -0.355 e. The second kappa shape index (κ2) is 7.68. The summed E-state index contributed by atoms with van der Waals surface area (Å²) in [5.41, 5.74) is 1.36. The van der Waals surface area contributed by atoms with Gasteiger partial charge in [0.2, 0.25) is 11.8 Å². The van der Waals surface area contributed by atoms with E-state index in [0.29, 0.717) is 24.9 Å². The molecule has 0 unspecified atom stereocenters. The molecular weight excluding hydrogens is 302 g/mol. The molecular formula is C19H33N3O2. The third kappa shape index (κ3) is 4.38. The van der Waals surface area contributed by atoms with Crippen LogP contribution in [0.5, 0.6) is 0 Å². The zero-order valence-electron chi connectivity index (χ0n) is 15.9. The third-order valence-corrected chi connectivity index (χ3v) is 5.33. The van der Waals surface area contributed by atoms with E-state index in [9.17, 15) is 9.59 Å². The van der Waals surface area contributed by atoms with Crippen LogP contribution in [-0.4, -0.2) is 60.9 Å². The van der Waals surface area contributed by atoms with Gasteiger partial charge in [-0.15, -0.1) is 0 Å². The van der Waals surface area contributed by atoms with Crippen molar-refractivity contribution in [2.24, 2.45) is 17.3 Å². The molecule has 2 atom stereocenters. The van der Waals surface area contributed by atoms with Crippen LogP contribution >= 0.6 is 0 Å². The van der Waals surface area contributed by atoms with E-state index in [0.717, 1.165) is 32.6 Å². The van der Waals surface area contributed by atoms with Crippen LogP contribution in [0.15, 0.2) is 11.6 Å². The molecule has 1 aliphatic heterocycles. The second-order valence-corrected chi connectivity index (χ2v) is 7.98. The van der Waals surface area contributed by atoms with Crippen LogP contribution < -0.4 is 5.32 Å². The highest BCUT2D eigenvalue weighted by molar-refractivity contribution is 5.84. The number of likely N-dealkylation sites (N-methyl/N-ethyl adjacent to an activating group) is 1. The maximum atomic E-state index is 13.0. The normalized spacial score (nSPS) is 26.5. The molecule has 1 saturated heterocycles. The molecule has 24 heavy (non-hydrogen) atoms. The largest absolute Gasteiger partial charge is 0.355 e. The highest BCUT2D eigenvalue weighted by atomic mass is 16.2. The van der Waals surface area contributed by atoms with E-state index in [4.69, 9.17) is 0 Å². The van der Waals surface area contributed by atoms with Gasteiger partial charge in [-0.25, -0.2) is 0 Å². The molecule has 1 saturated carbocycles. The SMILES string of the molecule is CCNC(=O)CN1CCCN(C(=O)[C@@H]2[C@@H](C=C(C)C)C2(C)C)CC1. The fraction of sp³-hybridized carbons (Fsp3) is 0.789. The number of hydrogen-bond acceptors (Lipinski definition) is 3. The smallest absolute Gasteiger partial charge is 0.234 e. The first-order chi connectivity index (χ1) is 11.3. The Hall–Kier alpha value is -1.36. The summed E-state index contributed by atoms with van der Waals surface area (Å²) < 4.78 is 0. The topological polar surface area (TPSA) is 52.7 Å². The minimum atomic E-state index is 0.0708. The number of carbonyl (C=O) groups is 2. The molecule has 2 fully saturated rings. The lowest BCUT2D eigenvalue weighted by Crippen LogP contribution is -2.40. The number of nitrogens with zero attached hydrogens (tertiary/aromatic N) is 2. The van der Waals surface area contributed by atoms with Crippen LogP contribution in [0, 0.1) is 17.3 Å². The summed E-state index contributed by atoms with van der Waals surface area (Å²) in [6.07, 6.45) is 3.19. The molecule has 1 aliphatic carbocycles. The number of amides is 2. The molecule has 2 rings (SSSR count). The lowest BCUT2D eigenvalue weighted by atomic mass is 10.1. The van der Waals surface area contributed by atoms with Crippen molar-refractivity contribution in [3.63, 3.8) is 0 Å². The summed E-state index contributed by atoms with van der Waals surface area (Å²) in [6.45, 7) is 14.8. The molecule has 136 valence electrons. The lowest BCUT2D eigenvalue weighted by Gasteiger charge is -2.22. The fourth-order valence-corrected chi connectivity index (χ4v) is 3.82. The summed E-state index contributed by atoms with van der Waals surface area (Å²) in [5, 5.41) is 2.84. The number of hydrogen-bond donors (Lipinski definition) is 1. The van der Waals surface area contributed by atoms with Crippen molar-refractivity contribution in [1.29, 1.82) is 0 Å². The summed E-state index contributed by atoms with van der Waals surface area (Å²) in [7, 11) is 0. The van der Waals surface area contributed by atoms with Crippen molar-refractivity contribution < 1.29 is 9.59 Å². The van der Waals surface area contributed by atoms with Gasteiger partial charge in [-0.1, -0.05) is 25.5 Å². The lowest BCUT2D eigenvalue weighted by molar-refractivity contribution is -0.133. The molecule has 0 aromatic carbocycles. The summed E-state index contributed by atoms with van der Waals surface area (Å²) in [6, 6.07) is 0. The predicted molar refractivity (Wildman–Crippen MR) is 96.5 cm³/mol. The Kier molecular flexibility index (Phi) is 6.07. The number of carbonyl (C=O) groups excluding carboxylic acids is 2. The molecule has 1 N–H and O–H groups in total. The first-order valence-electron chi connectivity index (χ1n) is 9.20. The molecule has 0 radical (unpaired) electrons. The van der Waals surface area contributed by atoms with Crippen LogP contribution in [0.1, 0.15) is 41.0 Å². The van der Waals surface area contributed by atoms with Crippen molar-refractivity contribution in [2.45, 2.75) is 41.0 Å². The fourth-order valence-electron chi connectivity index (χ4n) is 3.82. The van der Waals surface area contributed by atoms with Crippen LogP contribution in [0.4, 0.5) is 0 Å². The molecule has 0 aromatic heterocycles. The number of nitrogens with one attached hydrogen (secondary N) is 1. The monoisotopic (exact) mass is 335 g/mol. The second-order valence-electron chi connectivity index (χ2n) is 7.98. The van der Waals surface area contributed by atoms with Crippen LogP contribution in [-0.2, 0) is 9.59 Å². The average molecular weight is 335 g/mol. The van der Waals surface area contributed by atoms with E-state index in [1.165, 1.54) is 5.57 Å². The predicted octanol–water partition coefficient (Wildman–Crippen LogP) is 1.90. The van der Waals surface area contributed by atoms with E-state index in [-0.39, 0.29) is 17.2 Å².